The smallest absolute Gasteiger partial charge is 0.0991 e. The van der Waals surface area contributed by atoms with Crippen molar-refractivity contribution < 1.29 is 0 Å². The fraction of sp³-hybridized carbons (Fsp3) is 0.357. The highest BCUT2D eigenvalue weighted by Crippen LogP contribution is 2.23. The van der Waals surface area contributed by atoms with Crippen molar-refractivity contribution in [1.29, 1.82) is 5.26 Å². The topological polar surface area (TPSA) is 23.8 Å². The molecular formula is C14H17N. The number of allylic oxidation sites excluding steroid dienone is 1. The summed E-state index contributed by atoms with van der Waals surface area (Å²) in [6, 6.07) is 9.92. The van der Waals surface area contributed by atoms with Crippen molar-refractivity contribution in [3.05, 3.63) is 48.0 Å². The van der Waals surface area contributed by atoms with Crippen molar-refractivity contribution in [2.45, 2.75) is 26.7 Å². The van der Waals surface area contributed by atoms with Crippen LogP contribution in [0.3, 0.4) is 0 Å². The van der Waals surface area contributed by atoms with Crippen LogP contribution in [0.15, 0.2) is 36.9 Å². The second-order valence-electron chi connectivity index (χ2n) is 4.50. The Balaban J connectivity index is 2.59. The summed E-state index contributed by atoms with van der Waals surface area (Å²) in [7, 11) is 0. The van der Waals surface area contributed by atoms with Crippen molar-refractivity contribution in [1.82, 2.24) is 0 Å². The van der Waals surface area contributed by atoms with Crippen LogP contribution in [0.2, 0.25) is 0 Å². The maximum Gasteiger partial charge on any atom is 0.0991 e. The highest BCUT2D eigenvalue weighted by molar-refractivity contribution is 5.31. The molecule has 0 N–H and O–H groups in total. The molecule has 15 heavy (non-hydrogen) atoms. The molecule has 0 spiro atoms. The normalized spacial score (nSPS) is 10.7. The van der Waals surface area contributed by atoms with Gasteiger partial charge in [0, 0.05) is 0 Å². The summed E-state index contributed by atoms with van der Waals surface area (Å²) in [5.41, 5.74) is 2.19. The lowest BCUT2D eigenvalue weighted by atomic mass is 9.86. The molecule has 0 atom stereocenters. The van der Waals surface area contributed by atoms with Gasteiger partial charge in [-0.3, -0.25) is 0 Å². The van der Waals surface area contributed by atoms with E-state index in [1.165, 1.54) is 5.56 Å². The molecule has 0 fully saturated rings. The molecule has 0 heterocycles. The Morgan fingerprint density at radius 2 is 1.93 bits per heavy atom. The molecule has 0 aliphatic rings. The molecule has 1 rings (SSSR count). The Morgan fingerprint density at radius 3 is 2.40 bits per heavy atom. The molecule has 0 radical (unpaired) electrons. The zero-order valence-corrected chi connectivity index (χ0v) is 9.46. The molecule has 0 unspecified atom stereocenters. The van der Waals surface area contributed by atoms with Gasteiger partial charge in [0.2, 0.25) is 0 Å². The summed E-state index contributed by atoms with van der Waals surface area (Å²) in [4.78, 5) is 0. The summed E-state index contributed by atoms with van der Waals surface area (Å²) in [6.07, 6.45) is 4.11. The van der Waals surface area contributed by atoms with Crippen LogP contribution in [-0.2, 0) is 6.42 Å². The van der Waals surface area contributed by atoms with Gasteiger partial charge >= 0.3 is 0 Å². The highest BCUT2D eigenvalue weighted by atomic mass is 14.2. The van der Waals surface area contributed by atoms with Gasteiger partial charge in [-0.1, -0.05) is 32.1 Å². The van der Waals surface area contributed by atoms with Crippen molar-refractivity contribution >= 4 is 0 Å². The van der Waals surface area contributed by atoms with Gasteiger partial charge < -0.3 is 0 Å². The third kappa shape index (κ3) is 3.59. The van der Waals surface area contributed by atoms with E-state index in [1.54, 1.807) is 0 Å². The maximum atomic E-state index is 8.66. The Labute approximate surface area is 92.1 Å². The van der Waals surface area contributed by atoms with Gasteiger partial charge in [-0.15, -0.1) is 6.58 Å². The molecule has 1 heteroatoms. The molecule has 0 aliphatic heterocycles. The second-order valence-corrected chi connectivity index (χ2v) is 4.50. The van der Waals surface area contributed by atoms with Crippen LogP contribution in [0.25, 0.3) is 0 Å². The molecular weight excluding hydrogens is 182 g/mol. The Hall–Kier alpha value is -1.55. The zero-order chi connectivity index (χ0) is 11.3. The number of hydrogen-bond donors (Lipinski definition) is 0. The lowest BCUT2D eigenvalue weighted by molar-refractivity contribution is 0.439. The molecule has 0 saturated heterocycles. The van der Waals surface area contributed by atoms with E-state index < -0.39 is 0 Å². The van der Waals surface area contributed by atoms with Crippen molar-refractivity contribution in [2.24, 2.45) is 5.41 Å². The summed E-state index contributed by atoms with van der Waals surface area (Å²) in [5.74, 6) is 0. The second kappa shape index (κ2) is 4.79. The van der Waals surface area contributed by atoms with E-state index in [1.807, 2.05) is 30.3 Å². The third-order valence-electron chi connectivity index (χ3n) is 2.69. The first kappa shape index (κ1) is 11.5. The average molecular weight is 199 g/mol. The SMILES string of the molecule is C=CC(C)(C)CCc1ccc(C#N)cc1. The number of benzene rings is 1. The molecule has 78 valence electrons. The molecule has 1 nitrogen and oxygen atoms in total. The number of hydrogen-bond acceptors (Lipinski definition) is 1. The van der Waals surface area contributed by atoms with Gasteiger partial charge in [-0.25, -0.2) is 0 Å². The zero-order valence-electron chi connectivity index (χ0n) is 9.46. The molecule has 0 bridgehead atoms. The standard InChI is InChI=1S/C14H17N/c1-4-14(2,3)10-9-12-5-7-13(11-15)8-6-12/h4-8H,1,9-10H2,2-3H3. The third-order valence-corrected chi connectivity index (χ3v) is 2.69. The van der Waals surface area contributed by atoms with Gasteiger partial charge in [0.1, 0.15) is 0 Å². The fourth-order valence-corrected chi connectivity index (χ4v) is 1.31. The van der Waals surface area contributed by atoms with Crippen LogP contribution in [0.4, 0.5) is 0 Å². The van der Waals surface area contributed by atoms with E-state index in [2.05, 4.69) is 26.5 Å². The minimum atomic E-state index is 0.188. The van der Waals surface area contributed by atoms with Gasteiger partial charge in [0.05, 0.1) is 11.6 Å². The largest absolute Gasteiger partial charge is 0.192 e. The quantitative estimate of drug-likeness (QED) is 0.678. The molecule has 0 saturated carbocycles. The molecule has 1 aromatic carbocycles. The first-order chi connectivity index (χ1) is 7.07. The van der Waals surface area contributed by atoms with Crippen LogP contribution in [0, 0.1) is 16.7 Å². The van der Waals surface area contributed by atoms with E-state index in [-0.39, 0.29) is 5.41 Å². The number of rotatable bonds is 4. The monoisotopic (exact) mass is 199 g/mol. The van der Waals surface area contributed by atoms with Crippen LogP contribution in [0.1, 0.15) is 31.4 Å². The maximum absolute atomic E-state index is 8.66. The van der Waals surface area contributed by atoms with Crippen LogP contribution in [-0.4, -0.2) is 0 Å². The molecule has 1 aromatic rings. The minimum Gasteiger partial charge on any atom is -0.192 e. The van der Waals surface area contributed by atoms with Crippen molar-refractivity contribution in [3.63, 3.8) is 0 Å². The summed E-state index contributed by atoms with van der Waals surface area (Å²) in [5, 5.41) is 8.66. The summed E-state index contributed by atoms with van der Waals surface area (Å²) < 4.78 is 0. The first-order valence-electron chi connectivity index (χ1n) is 5.20. The van der Waals surface area contributed by atoms with E-state index in [0.717, 1.165) is 18.4 Å². The van der Waals surface area contributed by atoms with Crippen molar-refractivity contribution in [3.8, 4) is 6.07 Å². The van der Waals surface area contributed by atoms with Crippen LogP contribution < -0.4 is 0 Å². The molecule has 0 amide bonds. The lowest BCUT2D eigenvalue weighted by Crippen LogP contribution is -2.08. The minimum absolute atomic E-state index is 0.188. The van der Waals surface area contributed by atoms with E-state index in [9.17, 15) is 0 Å². The lowest BCUT2D eigenvalue weighted by Gasteiger charge is -2.19. The van der Waals surface area contributed by atoms with Crippen molar-refractivity contribution in [2.75, 3.05) is 0 Å². The predicted octanol–water partition coefficient (Wildman–Crippen LogP) is 3.70. The van der Waals surface area contributed by atoms with E-state index in [0.29, 0.717) is 0 Å². The number of nitrogens with zero attached hydrogens (tertiary/aromatic N) is 1. The highest BCUT2D eigenvalue weighted by Gasteiger charge is 2.12. The first-order valence-corrected chi connectivity index (χ1v) is 5.20. The number of aryl methyl sites for hydroxylation is 1. The van der Waals surface area contributed by atoms with Gasteiger partial charge in [0.15, 0.2) is 0 Å². The van der Waals surface area contributed by atoms with E-state index in [4.69, 9.17) is 5.26 Å². The molecule has 0 aromatic heterocycles. The van der Waals surface area contributed by atoms with Gasteiger partial charge in [0.25, 0.3) is 0 Å². The molecule has 0 aliphatic carbocycles. The van der Waals surface area contributed by atoms with E-state index >= 15 is 0 Å². The van der Waals surface area contributed by atoms with Gasteiger partial charge in [-0.05, 0) is 36.0 Å². The Morgan fingerprint density at radius 1 is 1.33 bits per heavy atom. The fourth-order valence-electron chi connectivity index (χ4n) is 1.31. The summed E-state index contributed by atoms with van der Waals surface area (Å²) >= 11 is 0. The Bertz CT molecular complexity index is 365. The summed E-state index contributed by atoms with van der Waals surface area (Å²) in [6.45, 7) is 8.20. The number of nitriles is 1. The average Bonchev–Trinajstić information content (AvgIpc) is 2.27. The Kier molecular flexibility index (Phi) is 3.68. The van der Waals surface area contributed by atoms with Crippen LogP contribution >= 0.6 is 0 Å². The van der Waals surface area contributed by atoms with Crippen LogP contribution in [0.5, 0.6) is 0 Å². The predicted molar refractivity (Wildman–Crippen MR) is 63.5 cm³/mol. The van der Waals surface area contributed by atoms with Gasteiger partial charge in [-0.2, -0.15) is 5.26 Å².